The molecule has 0 bridgehead atoms. The SMILES string of the molecule is COc1ccccc1N1CCN(C(=O)c2cc3cc(C)cc(C)c3[nH]c2=O)CC1. The van der Waals surface area contributed by atoms with Crippen LogP contribution in [0.1, 0.15) is 21.5 Å². The lowest BCUT2D eigenvalue weighted by Gasteiger charge is -2.36. The summed E-state index contributed by atoms with van der Waals surface area (Å²) < 4.78 is 5.45. The normalized spacial score (nSPS) is 14.3. The molecule has 3 aromatic rings. The zero-order valence-electron chi connectivity index (χ0n) is 17.0. The summed E-state index contributed by atoms with van der Waals surface area (Å²) in [4.78, 5) is 32.5. The van der Waals surface area contributed by atoms with Crippen LogP contribution in [0.15, 0.2) is 47.3 Å². The molecule has 2 aromatic carbocycles. The monoisotopic (exact) mass is 391 g/mol. The molecule has 6 heteroatoms. The minimum atomic E-state index is -0.332. The van der Waals surface area contributed by atoms with E-state index in [2.05, 4.69) is 9.88 Å². The number of benzene rings is 2. The molecule has 0 atom stereocenters. The molecule has 150 valence electrons. The number of nitrogens with one attached hydrogen (secondary N) is 1. The third-order valence-electron chi connectivity index (χ3n) is 5.52. The molecule has 4 rings (SSSR count). The number of methoxy groups -OCH3 is 1. The largest absolute Gasteiger partial charge is 0.495 e. The summed E-state index contributed by atoms with van der Waals surface area (Å²) in [6.45, 7) is 6.47. The van der Waals surface area contributed by atoms with E-state index in [4.69, 9.17) is 4.74 Å². The lowest BCUT2D eigenvalue weighted by Crippen LogP contribution is -2.49. The summed E-state index contributed by atoms with van der Waals surface area (Å²) >= 11 is 0. The van der Waals surface area contributed by atoms with Crippen LogP contribution < -0.4 is 15.2 Å². The van der Waals surface area contributed by atoms with Gasteiger partial charge in [0.15, 0.2) is 0 Å². The van der Waals surface area contributed by atoms with Gasteiger partial charge in [-0.2, -0.15) is 0 Å². The average molecular weight is 391 g/mol. The number of hydrogen-bond acceptors (Lipinski definition) is 4. The molecule has 1 N–H and O–H groups in total. The van der Waals surface area contributed by atoms with Gasteiger partial charge in [-0.25, -0.2) is 0 Å². The van der Waals surface area contributed by atoms with Gasteiger partial charge in [0.2, 0.25) is 0 Å². The summed E-state index contributed by atoms with van der Waals surface area (Å²) in [5.74, 6) is 0.607. The molecule has 0 radical (unpaired) electrons. The van der Waals surface area contributed by atoms with Gasteiger partial charge in [0, 0.05) is 26.2 Å². The highest BCUT2D eigenvalue weighted by Crippen LogP contribution is 2.28. The highest BCUT2D eigenvalue weighted by atomic mass is 16.5. The number of rotatable bonds is 3. The molecule has 29 heavy (non-hydrogen) atoms. The van der Waals surface area contributed by atoms with Crippen molar-refractivity contribution in [1.82, 2.24) is 9.88 Å². The molecule has 2 heterocycles. The van der Waals surface area contributed by atoms with Gasteiger partial charge in [-0.1, -0.05) is 23.8 Å². The fraction of sp³-hybridized carbons (Fsp3) is 0.304. The van der Waals surface area contributed by atoms with Gasteiger partial charge >= 0.3 is 0 Å². The first-order valence-corrected chi connectivity index (χ1v) is 9.79. The van der Waals surface area contributed by atoms with E-state index in [0.717, 1.165) is 33.5 Å². The molecule has 1 aliphatic heterocycles. The predicted molar refractivity (Wildman–Crippen MR) is 115 cm³/mol. The van der Waals surface area contributed by atoms with Crippen LogP contribution in [0.25, 0.3) is 10.9 Å². The number of anilines is 1. The molecule has 0 saturated carbocycles. The van der Waals surface area contributed by atoms with Crippen LogP contribution in [-0.4, -0.2) is 49.1 Å². The van der Waals surface area contributed by atoms with Crippen molar-refractivity contribution in [3.63, 3.8) is 0 Å². The summed E-state index contributed by atoms with van der Waals surface area (Å²) in [6, 6.07) is 13.6. The number of carbonyl (C=O) groups is 1. The van der Waals surface area contributed by atoms with Crippen LogP contribution in [0.3, 0.4) is 0 Å². The van der Waals surface area contributed by atoms with E-state index in [1.165, 1.54) is 0 Å². The van der Waals surface area contributed by atoms with E-state index in [0.29, 0.717) is 26.2 Å². The highest BCUT2D eigenvalue weighted by molar-refractivity contribution is 5.98. The van der Waals surface area contributed by atoms with Crippen LogP contribution in [-0.2, 0) is 0 Å². The van der Waals surface area contributed by atoms with Crippen LogP contribution in [0.2, 0.25) is 0 Å². The first kappa shape index (κ1) is 19.1. The van der Waals surface area contributed by atoms with E-state index in [-0.39, 0.29) is 17.0 Å². The number of carbonyl (C=O) groups excluding carboxylic acids is 1. The Kier molecular flexibility index (Phi) is 5.01. The van der Waals surface area contributed by atoms with Crippen LogP contribution in [0, 0.1) is 13.8 Å². The third kappa shape index (κ3) is 3.58. The van der Waals surface area contributed by atoms with E-state index in [1.807, 2.05) is 50.2 Å². The molecular weight excluding hydrogens is 366 g/mol. The number of ether oxygens (including phenoxy) is 1. The van der Waals surface area contributed by atoms with E-state index in [1.54, 1.807) is 18.1 Å². The number of nitrogens with zero attached hydrogens (tertiary/aromatic N) is 2. The smallest absolute Gasteiger partial charge is 0.261 e. The Morgan fingerprint density at radius 1 is 1.03 bits per heavy atom. The second kappa shape index (κ2) is 7.62. The van der Waals surface area contributed by atoms with Crippen molar-refractivity contribution in [3.8, 4) is 5.75 Å². The summed E-state index contributed by atoms with van der Waals surface area (Å²) in [6.07, 6.45) is 0. The van der Waals surface area contributed by atoms with E-state index >= 15 is 0 Å². The number of aromatic amines is 1. The van der Waals surface area contributed by atoms with Gasteiger partial charge in [-0.15, -0.1) is 0 Å². The van der Waals surface area contributed by atoms with Crippen LogP contribution in [0.5, 0.6) is 5.75 Å². The second-order valence-corrected chi connectivity index (χ2v) is 7.51. The predicted octanol–water partition coefficient (Wildman–Crippen LogP) is 3.12. The highest BCUT2D eigenvalue weighted by Gasteiger charge is 2.25. The zero-order chi connectivity index (χ0) is 20.5. The number of amides is 1. The minimum absolute atomic E-state index is 0.202. The molecular formula is C23H25N3O3. The second-order valence-electron chi connectivity index (χ2n) is 7.51. The number of H-pyrrole nitrogens is 1. The first-order valence-electron chi connectivity index (χ1n) is 9.79. The Balaban J connectivity index is 1.56. The number of pyridine rings is 1. The Morgan fingerprint density at radius 2 is 1.76 bits per heavy atom. The number of hydrogen-bond donors (Lipinski definition) is 1. The molecule has 1 aliphatic rings. The molecule has 0 unspecified atom stereocenters. The van der Waals surface area contributed by atoms with Crippen molar-refractivity contribution in [2.75, 3.05) is 38.2 Å². The van der Waals surface area contributed by atoms with Gasteiger partial charge in [0.05, 0.1) is 18.3 Å². The van der Waals surface area contributed by atoms with Crippen molar-refractivity contribution >= 4 is 22.5 Å². The summed E-state index contributed by atoms with van der Waals surface area (Å²) in [5.41, 5.74) is 3.79. The van der Waals surface area contributed by atoms with Crippen molar-refractivity contribution in [2.45, 2.75) is 13.8 Å². The topological polar surface area (TPSA) is 65.6 Å². The third-order valence-corrected chi connectivity index (χ3v) is 5.52. The van der Waals surface area contributed by atoms with Crippen molar-refractivity contribution in [1.29, 1.82) is 0 Å². The minimum Gasteiger partial charge on any atom is -0.495 e. The maximum atomic E-state index is 13.1. The van der Waals surface area contributed by atoms with E-state index < -0.39 is 0 Å². The number of aryl methyl sites for hydroxylation is 2. The van der Waals surface area contributed by atoms with Gasteiger partial charge in [-0.3, -0.25) is 9.59 Å². The molecule has 0 spiro atoms. The molecule has 1 aromatic heterocycles. The molecule has 1 saturated heterocycles. The van der Waals surface area contributed by atoms with E-state index in [9.17, 15) is 9.59 Å². The molecule has 0 aliphatic carbocycles. The maximum absolute atomic E-state index is 13.1. The van der Waals surface area contributed by atoms with Crippen LogP contribution >= 0.6 is 0 Å². The quantitative estimate of drug-likeness (QED) is 0.745. The van der Waals surface area contributed by atoms with Crippen molar-refractivity contribution in [2.24, 2.45) is 0 Å². The number of fused-ring (bicyclic) bond motifs is 1. The first-order chi connectivity index (χ1) is 14.0. The number of para-hydroxylation sites is 2. The number of piperazine rings is 1. The van der Waals surface area contributed by atoms with Gasteiger partial charge < -0.3 is 19.5 Å². The Labute approximate surface area is 169 Å². The fourth-order valence-electron chi connectivity index (χ4n) is 4.06. The van der Waals surface area contributed by atoms with Crippen LogP contribution in [0.4, 0.5) is 5.69 Å². The van der Waals surface area contributed by atoms with Gasteiger partial charge in [0.25, 0.3) is 11.5 Å². The molecule has 1 fully saturated rings. The Hall–Kier alpha value is -3.28. The number of aromatic nitrogens is 1. The lowest BCUT2D eigenvalue weighted by atomic mass is 10.0. The Morgan fingerprint density at radius 3 is 2.48 bits per heavy atom. The van der Waals surface area contributed by atoms with Gasteiger partial charge in [0.1, 0.15) is 11.3 Å². The fourth-order valence-corrected chi connectivity index (χ4v) is 4.06. The van der Waals surface area contributed by atoms with Gasteiger partial charge in [-0.05, 0) is 49.1 Å². The molecule has 1 amide bonds. The summed E-state index contributed by atoms with van der Waals surface area (Å²) in [5, 5.41) is 0.887. The molecule has 6 nitrogen and oxygen atoms in total. The lowest BCUT2D eigenvalue weighted by molar-refractivity contribution is 0.0745. The van der Waals surface area contributed by atoms with Crippen molar-refractivity contribution < 1.29 is 9.53 Å². The average Bonchev–Trinajstić information content (AvgIpc) is 2.73. The van der Waals surface area contributed by atoms with Crippen molar-refractivity contribution in [3.05, 3.63) is 69.5 Å². The maximum Gasteiger partial charge on any atom is 0.261 e. The summed E-state index contributed by atoms with van der Waals surface area (Å²) in [7, 11) is 1.66. The zero-order valence-corrected chi connectivity index (χ0v) is 17.0. The standard InChI is InChI=1S/C23H25N3O3/c1-15-12-16(2)21-17(13-15)14-18(22(27)24-21)23(28)26-10-8-25(9-11-26)19-6-4-5-7-20(19)29-3/h4-7,12-14H,8-11H2,1-3H3,(H,24,27). The Bertz CT molecular complexity index is 1130.